The fourth-order valence-electron chi connectivity index (χ4n) is 5.29. The zero-order chi connectivity index (χ0) is 15.3. The van der Waals surface area contributed by atoms with Crippen molar-refractivity contribution in [1.82, 2.24) is 15.0 Å². The average Bonchev–Trinajstić information content (AvgIpc) is 3.02. The molecule has 1 aliphatic carbocycles. The molecule has 4 rings (SSSR count). The lowest BCUT2D eigenvalue weighted by atomic mass is 9.68. The van der Waals surface area contributed by atoms with Crippen molar-refractivity contribution in [3.63, 3.8) is 0 Å². The van der Waals surface area contributed by atoms with Gasteiger partial charge in [-0.2, -0.15) is 4.98 Å². The third-order valence-corrected chi connectivity index (χ3v) is 6.45. The largest absolute Gasteiger partial charge is 0.339 e. The van der Waals surface area contributed by atoms with Crippen LogP contribution in [0.3, 0.4) is 0 Å². The third kappa shape index (κ3) is 2.38. The Balaban J connectivity index is 1.63. The van der Waals surface area contributed by atoms with Gasteiger partial charge in [0.1, 0.15) is 6.17 Å². The van der Waals surface area contributed by atoms with Crippen LogP contribution >= 0.6 is 0 Å². The molecular formula is C17H26FN3O. The molecule has 0 spiro atoms. The lowest BCUT2D eigenvalue weighted by molar-refractivity contribution is 0.0406. The monoisotopic (exact) mass is 307 g/mol. The summed E-state index contributed by atoms with van der Waals surface area (Å²) in [6.07, 6.45) is 6.66. The summed E-state index contributed by atoms with van der Waals surface area (Å²) in [5.41, 5.74) is 0. The molecule has 22 heavy (non-hydrogen) atoms. The number of hydrogen-bond donors (Lipinski definition) is 0. The quantitative estimate of drug-likeness (QED) is 0.839. The van der Waals surface area contributed by atoms with Gasteiger partial charge < -0.3 is 4.52 Å². The van der Waals surface area contributed by atoms with Gasteiger partial charge in [0, 0.05) is 12.1 Å². The number of rotatable bonds is 2. The van der Waals surface area contributed by atoms with E-state index < -0.39 is 6.17 Å². The second kappa shape index (κ2) is 5.59. The smallest absolute Gasteiger partial charge is 0.231 e. The molecule has 3 fully saturated rings. The molecule has 0 amide bonds. The number of halogens is 1. The Kier molecular flexibility index (Phi) is 3.71. The number of aryl methyl sites for hydroxylation is 1. The van der Waals surface area contributed by atoms with Crippen molar-refractivity contribution >= 4 is 0 Å². The molecule has 5 heteroatoms. The van der Waals surface area contributed by atoms with E-state index in [1.54, 1.807) is 0 Å². The predicted molar refractivity (Wildman–Crippen MR) is 81.3 cm³/mol. The van der Waals surface area contributed by atoms with Crippen LogP contribution in [-0.2, 0) is 0 Å². The molecule has 3 heterocycles. The van der Waals surface area contributed by atoms with Gasteiger partial charge in [0.15, 0.2) is 5.82 Å². The first-order chi connectivity index (χ1) is 10.6. The van der Waals surface area contributed by atoms with Crippen molar-refractivity contribution < 1.29 is 8.91 Å². The number of fused-ring (bicyclic) bond motifs is 2. The number of likely N-dealkylation sites (N-methyl/N-ethyl adjacent to an activating group) is 1. The lowest BCUT2D eigenvalue weighted by Crippen LogP contribution is -2.47. The molecule has 4 atom stereocenters. The topological polar surface area (TPSA) is 42.2 Å². The number of hydrogen-bond acceptors (Lipinski definition) is 4. The van der Waals surface area contributed by atoms with Gasteiger partial charge in [0.25, 0.3) is 0 Å². The minimum Gasteiger partial charge on any atom is -0.339 e. The molecule has 1 saturated carbocycles. The highest BCUT2D eigenvalue weighted by atomic mass is 19.1. The van der Waals surface area contributed by atoms with Gasteiger partial charge in [0.05, 0.1) is 5.92 Å². The van der Waals surface area contributed by atoms with Crippen molar-refractivity contribution in [3.8, 4) is 0 Å². The zero-order valence-electron chi connectivity index (χ0n) is 13.5. The van der Waals surface area contributed by atoms with Gasteiger partial charge in [-0.25, -0.2) is 4.39 Å². The summed E-state index contributed by atoms with van der Waals surface area (Å²) in [6.45, 7) is 1.89. The highest BCUT2D eigenvalue weighted by molar-refractivity contribution is 5.11. The van der Waals surface area contributed by atoms with Gasteiger partial charge in [-0.15, -0.1) is 0 Å². The van der Waals surface area contributed by atoms with Crippen LogP contribution in [0.15, 0.2) is 4.52 Å². The van der Waals surface area contributed by atoms with Gasteiger partial charge in [-0.3, -0.25) is 4.90 Å². The highest BCUT2D eigenvalue weighted by Crippen LogP contribution is 2.51. The number of piperidine rings is 1. The molecule has 0 radical (unpaired) electrons. The minimum absolute atomic E-state index is 0.339. The third-order valence-electron chi connectivity index (χ3n) is 6.45. The van der Waals surface area contributed by atoms with Crippen molar-refractivity contribution in [2.24, 2.45) is 11.8 Å². The normalized spacial score (nSPS) is 42.7. The van der Waals surface area contributed by atoms with Crippen LogP contribution in [-0.4, -0.2) is 40.3 Å². The Morgan fingerprint density at radius 2 is 1.91 bits per heavy atom. The molecule has 3 aliphatic rings. The Morgan fingerprint density at radius 1 is 1.14 bits per heavy atom. The van der Waals surface area contributed by atoms with Crippen LogP contribution in [0.4, 0.5) is 4.39 Å². The minimum atomic E-state index is -0.580. The number of alkyl halides is 1. The van der Waals surface area contributed by atoms with Crippen LogP contribution in [0.5, 0.6) is 0 Å². The first-order valence-electron chi connectivity index (χ1n) is 8.79. The molecule has 4 nitrogen and oxygen atoms in total. The lowest BCUT2D eigenvalue weighted by Gasteiger charge is -2.45. The molecule has 122 valence electrons. The molecule has 2 bridgehead atoms. The van der Waals surface area contributed by atoms with Crippen molar-refractivity contribution in [2.45, 2.75) is 76.0 Å². The fourth-order valence-corrected chi connectivity index (χ4v) is 5.29. The van der Waals surface area contributed by atoms with E-state index in [0.29, 0.717) is 29.8 Å². The predicted octanol–water partition coefficient (Wildman–Crippen LogP) is 3.47. The summed E-state index contributed by atoms with van der Waals surface area (Å²) < 4.78 is 19.1. The molecule has 0 N–H and O–H groups in total. The molecule has 0 aromatic carbocycles. The molecule has 1 aromatic heterocycles. The van der Waals surface area contributed by atoms with E-state index >= 15 is 0 Å². The van der Waals surface area contributed by atoms with Crippen LogP contribution < -0.4 is 0 Å². The summed E-state index contributed by atoms with van der Waals surface area (Å²) in [4.78, 5) is 7.10. The van der Waals surface area contributed by atoms with E-state index in [0.717, 1.165) is 37.4 Å². The summed E-state index contributed by atoms with van der Waals surface area (Å²) in [6, 6.07) is 1.21. The Bertz CT molecular complexity index is 526. The van der Waals surface area contributed by atoms with Gasteiger partial charge in [-0.05, 0) is 70.8 Å². The van der Waals surface area contributed by atoms with E-state index in [9.17, 15) is 4.39 Å². The maximum atomic E-state index is 13.5. The number of aromatic nitrogens is 2. The summed E-state index contributed by atoms with van der Waals surface area (Å²) in [7, 11) is 2.24. The summed E-state index contributed by atoms with van der Waals surface area (Å²) in [5.74, 6) is 3.10. The molecule has 2 saturated heterocycles. The summed E-state index contributed by atoms with van der Waals surface area (Å²) in [5, 5.41) is 4.03. The highest BCUT2D eigenvalue weighted by Gasteiger charge is 2.50. The molecule has 1 aromatic rings. The molecular weight excluding hydrogens is 281 g/mol. The second-order valence-electron chi connectivity index (χ2n) is 7.58. The van der Waals surface area contributed by atoms with E-state index in [4.69, 9.17) is 4.52 Å². The maximum Gasteiger partial charge on any atom is 0.231 e. The van der Waals surface area contributed by atoms with E-state index in [1.807, 2.05) is 6.92 Å². The van der Waals surface area contributed by atoms with Crippen molar-refractivity contribution in [3.05, 3.63) is 11.7 Å². The summed E-state index contributed by atoms with van der Waals surface area (Å²) >= 11 is 0. The SMILES string of the molecule is Cc1noc(C2C3CC[C@H](C[C@H]2C2CCC(F)CC2)N3C)n1. The molecule has 2 aliphatic heterocycles. The van der Waals surface area contributed by atoms with Crippen molar-refractivity contribution in [1.29, 1.82) is 0 Å². The second-order valence-corrected chi connectivity index (χ2v) is 7.58. The van der Waals surface area contributed by atoms with Crippen LogP contribution in [0.1, 0.15) is 62.6 Å². The molecule has 2 unspecified atom stereocenters. The van der Waals surface area contributed by atoms with Crippen LogP contribution in [0.2, 0.25) is 0 Å². The van der Waals surface area contributed by atoms with Crippen LogP contribution in [0, 0.1) is 18.8 Å². The number of nitrogens with zero attached hydrogens (tertiary/aromatic N) is 3. The Hall–Kier alpha value is -0.970. The van der Waals surface area contributed by atoms with E-state index in [-0.39, 0.29) is 0 Å². The Morgan fingerprint density at radius 3 is 2.59 bits per heavy atom. The average molecular weight is 307 g/mol. The van der Waals surface area contributed by atoms with Crippen molar-refractivity contribution in [2.75, 3.05) is 7.05 Å². The van der Waals surface area contributed by atoms with Crippen LogP contribution in [0.25, 0.3) is 0 Å². The fraction of sp³-hybridized carbons (Fsp3) is 0.882. The van der Waals surface area contributed by atoms with E-state index in [1.165, 1.54) is 19.3 Å². The first kappa shape index (κ1) is 14.6. The van der Waals surface area contributed by atoms with Gasteiger partial charge in [-0.1, -0.05) is 5.16 Å². The standard InChI is InChI=1S/C17H26FN3O/c1-10-19-17(22-20-10)16-14(11-3-5-12(18)6-4-11)9-13-7-8-15(16)21(13)2/h11-16H,3-9H2,1-2H3/t11?,12?,13-,14+,15?,16?/m1/s1. The van der Waals surface area contributed by atoms with E-state index in [2.05, 4.69) is 22.1 Å². The first-order valence-corrected chi connectivity index (χ1v) is 8.79. The van der Waals surface area contributed by atoms with Gasteiger partial charge in [0.2, 0.25) is 5.89 Å². The Labute approximate surface area is 131 Å². The maximum absolute atomic E-state index is 13.5. The van der Waals surface area contributed by atoms with Gasteiger partial charge >= 0.3 is 0 Å². The zero-order valence-corrected chi connectivity index (χ0v) is 13.5.